The summed E-state index contributed by atoms with van der Waals surface area (Å²) in [6, 6.07) is 2.78. The quantitative estimate of drug-likeness (QED) is 0.638. The van der Waals surface area contributed by atoms with E-state index in [1.165, 1.54) is 0 Å². The lowest BCUT2D eigenvalue weighted by atomic mass is 10.3. The van der Waals surface area contributed by atoms with Gasteiger partial charge < -0.3 is 10.6 Å². The second kappa shape index (κ2) is 6.89. The molecule has 2 aromatic rings. The van der Waals surface area contributed by atoms with E-state index in [9.17, 15) is 26.3 Å². The van der Waals surface area contributed by atoms with Gasteiger partial charge in [-0.2, -0.15) is 26.3 Å². The Morgan fingerprint density at radius 2 is 1.54 bits per heavy atom. The highest BCUT2D eigenvalue weighted by Crippen LogP contribution is 2.29. The first kappa shape index (κ1) is 17.8. The minimum Gasteiger partial charge on any atom is -0.368 e. The lowest BCUT2D eigenvalue weighted by molar-refractivity contribution is -0.141. The Morgan fingerprint density at radius 1 is 0.833 bits per heavy atom. The molecule has 0 unspecified atom stereocenters. The molecule has 11 heteroatoms. The Kier molecular flexibility index (Phi) is 5.10. The highest BCUT2D eigenvalue weighted by atomic mass is 19.4. The van der Waals surface area contributed by atoms with Crippen LogP contribution in [0.3, 0.4) is 0 Å². The summed E-state index contributed by atoms with van der Waals surface area (Å²) in [7, 11) is 0. The van der Waals surface area contributed by atoms with Gasteiger partial charge in [-0.3, -0.25) is 0 Å². The number of hydrogen-bond acceptors (Lipinski definition) is 5. The molecule has 0 aliphatic carbocycles. The van der Waals surface area contributed by atoms with Crippen LogP contribution < -0.4 is 10.6 Å². The monoisotopic (exact) mass is 351 g/mol. The largest absolute Gasteiger partial charge is 0.433 e. The fourth-order valence-electron chi connectivity index (χ4n) is 1.63. The molecule has 24 heavy (non-hydrogen) atoms. The Morgan fingerprint density at radius 3 is 2.12 bits per heavy atom. The minimum atomic E-state index is -4.57. The Bertz CT molecular complexity index is 668. The molecule has 0 bridgehead atoms. The van der Waals surface area contributed by atoms with Crippen molar-refractivity contribution in [1.82, 2.24) is 15.0 Å². The van der Waals surface area contributed by atoms with Gasteiger partial charge in [0.05, 0.1) is 5.56 Å². The zero-order valence-corrected chi connectivity index (χ0v) is 11.9. The summed E-state index contributed by atoms with van der Waals surface area (Å²) in [6.45, 7) is 0.335. The highest BCUT2D eigenvalue weighted by molar-refractivity contribution is 5.36. The van der Waals surface area contributed by atoms with Crippen molar-refractivity contribution in [3.63, 3.8) is 0 Å². The van der Waals surface area contributed by atoms with Gasteiger partial charge in [0.15, 0.2) is 0 Å². The van der Waals surface area contributed by atoms with Gasteiger partial charge in [0, 0.05) is 25.5 Å². The number of halogens is 6. The molecule has 0 aliphatic rings. The molecule has 2 N–H and O–H groups in total. The van der Waals surface area contributed by atoms with Gasteiger partial charge in [-0.1, -0.05) is 0 Å². The maximum Gasteiger partial charge on any atom is 0.433 e. The molecule has 2 heterocycles. The van der Waals surface area contributed by atoms with Crippen molar-refractivity contribution < 1.29 is 26.3 Å². The molecule has 0 atom stereocenters. The zero-order valence-electron chi connectivity index (χ0n) is 11.9. The summed E-state index contributed by atoms with van der Waals surface area (Å²) in [5.74, 6) is 0.00163. The molecule has 0 aromatic carbocycles. The number of rotatable bonds is 5. The fraction of sp³-hybridized carbons (Fsp3) is 0.308. The predicted octanol–water partition coefficient (Wildman–Crippen LogP) is 3.43. The van der Waals surface area contributed by atoms with Crippen LogP contribution in [0.1, 0.15) is 11.3 Å². The normalized spacial score (nSPS) is 12.1. The number of aromatic nitrogens is 3. The van der Waals surface area contributed by atoms with Gasteiger partial charge in [-0.15, -0.1) is 0 Å². The van der Waals surface area contributed by atoms with Crippen LogP contribution in [0.15, 0.2) is 30.6 Å². The molecule has 130 valence electrons. The van der Waals surface area contributed by atoms with Crippen LogP contribution in [0.4, 0.5) is 38.1 Å². The van der Waals surface area contributed by atoms with Crippen LogP contribution in [-0.4, -0.2) is 28.0 Å². The van der Waals surface area contributed by atoms with Crippen LogP contribution in [-0.2, 0) is 12.4 Å². The average Bonchev–Trinajstić information content (AvgIpc) is 2.51. The van der Waals surface area contributed by atoms with Crippen LogP contribution in [0.25, 0.3) is 0 Å². The van der Waals surface area contributed by atoms with Crippen LogP contribution >= 0.6 is 0 Å². The number of hydrogen-bond donors (Lipinski definition) is 2. The molecule has 0 aliphatic heterocycles. The van der Waals surface area contributed by atoms with Crippen molar-refractivity contribution in [2.45, 2.75) is 12.4 Å². The smallest absolute Gasteiger partial charge is 0.368 e. The molecule has 0 amide bonds. The minimum absolute atomic E-state index is 0.143. The van der Waals surface area contributed by atoms with Crippen molar-refractivity contribution in [3.8, 4) is 0 Å². The summed E-state index contributed by atoms with van der Waals surface area (Å²) in [5.41, 5.74) is -1.94. The Hall–Kier alpha value is -2.59. The van der Waals surface area contributed by atoms with Crippen molar-refractivity contribution in [2.75, 3.05) is 23.7 Å². The van der Waals surface area contributed by atoms with Crippen molar-refractivity contribution in [2.24, 2.45) is 0 Å². The van der Waals surface area contributed by atoms with Gasteiger partial charge >= 0.3 is 12.4 Å². The first-order valence-corrected chi connectivity index (χ1v) is 6.57. The van der Waals surface area contributed by atoms with E-state index in [1.54, 1.807) is 0 Å². The maximum atomic E-state index is 12.5. The number of pyridine rings is 1. The van der Waals surface area contributed by atoms with Crippen molar-refractivity contribution >= 4 is 11.8 Å². The summed E-state index contributed by atoms with van der Waals surface area (Å²) in [5, 5.41) is 5.29. The predicted molar refractivity (Wildman–Crippen MR) is 73.3 cm³/mol. The van der Waals surface area contributed by atoms with E-state index in [0.717, 1.165) is 24.4 Å². The molecular formula is C13H11F6N5. The van der Waals surface area contributed by atoms with E-state index < -0.39 is 23.6 Å². The lowest BCUT2D eigenvalue weighted by Crippen LogP contribution is -2.17. The number of alkyl halides is 6. The molecule has 0 radical (unpaired) electrons. The van der Waals surface area contributed by atoms with Crippen molar-refractivity contribution in [3.05, 3.63) is 41.9 Å². The highest BCUT2D eigenvalue weighted by Gasteiger charge is 2.32. The van der Waals surface area contributed by atoms with E-state index in [4.69, 9.17) is 0 Å². The van der Waals surface area contributed by atoms with Gasteiger partial charge in [-0.05, 0) is 18.2 Å². The number of nitrogens with zero attached hydrogens (tertiary/aromatic N) is 3. The van der Waals surface area contributed by atoms with E-state index >= 15 is 0 Å². The molecule has 0 spiro atoms. The summed E-state index contributed by atoms with van der Waals surface area (Å²) in [4.78, 5) is 10.6. The molecule has 0 saturated carbocycles. The van der Waals surface area contributed by atoms with E-state index in [0.29, 0.717) is 6.20 Å². The van der Waals surface area contributed by atoms with Gasteiger partial charge in [-0.25, -0.2) is 15.0 Å². The second-order valence-corrected chi connectivity index (χ2v) is 4.55. The summed E-state index contributed by atoms with van der Waals surface area (Å²) in [6.07, 6.45) is -7.37. The van der Waals surface area contributed by atoms with E-state index in [1.807, 2.05) is 0 Å². The molecule has 2 rings (SSSR count). The third-order valence-electron chi connectivity index (χ3n) is 2.75. The average molecular weight is 351 g/mol. The first-order valence-electron chi connectivity index (χ1n) is 6.57. The maximum absolute atomic E-state index is 12.5. The summed E-state index contributed by atoms with van der Waals surface area (Å²) >= 11 is 0. The molecule has 5 nitrogen and oxygen atoms in total. The van der Waals surface area contributed by atoms with E-state index in [-0.39, 0.29) is 24.9 Å². The molecule has 2 aromatic heterocycles. The Labute approximate surface area is 132 Å². The van der Waals surface area contributed by atoms with Crippen LogP contribution in [0, 0.1) is 0 Å². The second-order valence-electron chi connectivity index (χ2n) is 4.55. The molecular weight excluding hydrogens is 340 g/mol. The first-order chi connectivity index (χ1) is 11.2. The third-order valence-corrected chi connectivity index (χ3v) is 2.75. The topological polar surface area (TPSA) is 62.7 Å². The molecule has 0 saturated heterocycles. The number of nitrogens with one attached hydrogen (secondary N) is 2. The lowest BCUT2D eigenvalue weighted by Gasteiger charge is -2.10. The van der Waals surface area contributed by atoms with Crippen molar-refractivity contribution in [1.29, 1.82) is 0 Å². The zero-order chi connectivity index (χ0) is 17.8. The van der Waals surface area contributed by atoms with E-state index in [2.05, 4.69) is 25.6 Å². The standard InChI is InChI=1S/C13H11F6N5/c14-12(15,16)8-1-2-10(23-7-8)20-5-6-22-11-21-4-3-9(24-11)13(17,18)19/h1-4,7H,5-6H2,(H,20,23)(H,21,22,24). The SMILES string of the molecule is FC(F)(F)c1ccc(NCCNc2nccc(C(F)(F)F)n2)nc1. The molecule has 0 fully saturated rings. The third kappa shape index (κ3) is 4.96. The Balaban J connectivity index is 1.83. The van der Waals surface area contributed by atoms with Crippen LogP contribution in [0.2, 0.25) is 0 Å². The fourth-order valence-corrected chi connectivity index (χ4v) is 1.63. The van der Waals surface area contributed by atoms with Gasteiger partial charge in [0.25, 0.3) is 0 Å². The van der Waals surface area contributed by atoms with Crippen LogP contribution in [0.5, 0.6) is 0 Å². The number of anilines is 2. The van der Waals surface area contributed by atoms with Gasteiger partial charge in [0.2, 0.25) is 5.95 Å². The summed E-state index contributed by atoms with van der Waals surface area (Å²) < 4.78 is 74.5. The van der Waals surface area contributed by atoms with Gasteiger partial charge in [0.1, 0.15) is 11.5 Å².